The third kappa shape index (κ3) is 2.66. The molecule has 2 rings (SSSR count). The van der Waals surface area contributed by atoms with Crippen LogP contribution in [0, 0.1) is 13.8 Å². The number of nitrogens with zero attached hydrogens (tertiary/aromatic N) is 1. The molecule has 0 spiro atoms. The van der Waals surface area contributed by atoms with Crippen molar-refractivity contribution in [2.24, 2.45) is 0 Å². The Kier molecular flexibility index (Phi) is 4.57. The Morgan fingerprint density at radius 2 is 1.50 bits per heavy atom. The van der Waals surface area contributed by atoms with Gasteiger partial charge in [0.25, 0.3) is 0 Å². The number of aryl methyl sites for hydroxylation is 2. The first-order chi connectivity index (χ1) is 7.58. The molecule has 0 bridgehead atoms. The summed E-state index contributed by atoms with van der Waals surface area (Å²) in [4.78, 5) is 4.40. The third-order valence-corrected chi connectivity index (χ3v) is 2.91. The molecule has 0 atom stereocenters. The van der Waals surface area contributed by atoms with Gasteiger partial charge in [0, 0.05) is 11.1 Å². The van der Waals surface area contributed by atoms with E-state index in [-0.39, 0.29) is 0 Å². The van der Waals surface area contributed by atoms with Crippen LogP contribution in [0.5, 0.6) is 0 Å². The molecule has 0 amide bonds. The largest absolute Gasteiger partial charge is 0.253 e. The van der Waals surface area contributed by atoms with E-state index in [2.05, 4.69) is 4.98 Å². The molecule has 86 valence electrons. The predicted octanol–water partition coefficient (Wildman–Crippen LogP) is 5.18. The maximum atomic E-state index is 5.94. The minimum Gasteiger partial charge on any atom is -0.253 e. The second-order valence-electron chi connectivity index (χ2n) is 3.36. The molecular formula is C13H15Cl2N. The fraction of sp³-hybridized carbons (Fsp3) is 0.308. The quantitative estimate of drug-likeness (QED) is 0.632. The number of hydrogen-bond acceptors (Lipinski definition) is 1. The van der Waals surface area contributed by atoms with Crippen LogP contribution in [0.3, 0.4) is 0 Å². The van der Waals surface area contributed by atoms with Crippen molar-refractivity contribution in [2.75, 3.05) is 0 Å². The molecule has 0 saturated carbocycles. The second-order valence-corrected chi connectivity index (χ2v) is 4.18. The molecule has 0 aliphatic heterocycles. The number of hydrogen-bond donors (Lipinski definition) is 0. The van der Waals surface area contributed by atoms with Gasteiger partial charge in [0.05, 0.1) is 15.6 Å². The van der Waals surface area contributed by atoms with Crippen molar-refractivity contribution in [1.82, 2.24) is 4.98 Å². The first-order valence-corrected chi connectivity index (χ1v) is 6.06. The molecule has 16 heavy (non-hydrogen) atoms. The minimum absolute atomic E-state index is 0.552. The van der Waals surface area contributed by atoms with Crippen LogP contribution in [-0.2, 0) is 0 Å². The number of fused-ring (bicyclic) bond motifs is 1. The molecule has 1 aromatic heterocycles. The van der Waals surface area contributed by atoms with Crippen LogP contribution in [0.15, 0.2) is 18.2 Å². The summed E-state index contributed by atoms with van der Waals surface area (Å²) >= 11 is 11.9. The van der Waals surface area contributed by atoms with Crippen molar-refractivity contribution < 1.29 is 0 Å². The van der Waals surface area contributed by atoms with Crippen LogP contribution < -0.4 is 0 Å². The van der Waals surface area contributed by atoms with Gasteiger partial charge in [-0.15, -0.1) is 0 Å². The first-order valence-electron chi connectivity index (χ1n) is 5.31. The molecule has 1 nitrogen and oxygen atoms in total. The van der Waals surface area contributed by atoms with E-state index in [1.807, 2.05) is 39.8 Å². The molecule has 0 aliphatic rings. The Morgan fingerprint density at radius 1 is 0.938 bits per heavy atom. The minimum atomic E-state index is 0.552. The standard InChI is InChI=1S/C11H9Cl2N.C2H6/c1-6-3-7(2)14-11-5-10(13)9(12)4-8(6)11;1-2/h3-5H,1-2H3;1-2H3. The second kappa shape index (κ2) is 5.51. The van der Waals surface area contributed by atoms with E-state index in [4.69, 9.17) is 23.2 Å². The van der Waals surface area contributed by atoms with E-state index in [9.17, 15) is 0 Å². The Labute approximate surface area is 106 Å². The van der Waals surface area contributed by atoms with Crippen molar-refractivity contribution in [3.8, 4) is 0 Å². The smallest absolute Gasteiger partial charge is 0.0723 e. The highest BCUT2D eigenvalue weighted by molar-refractivity contribution is 6.42. The van der Waals surface area contributed by atoms with Crippen LogP contribution >= 0.6 is 23.2 Å². The monoisotopic (exact) mass is 255 g/mol. The van der Waals surface area contributed by atoms with E-state index in [0.29, 0.717) is 10.0 Å². The Hall–Kier alpha value is -0.790. The van der Waals surface area contributed by atoms with E-state index in [1.165, 1.54) is 5.56 Å². The van der Waals surface area contributed by atoms with Crippen molar-refractivity contribution in [2.45, 2.75) is 27.7 Å². The number of pyridine rings is 1. The van der Waals surface area contributed by atoms with Gasteiger partial charge in [0.1, 0.15) is 0 Å². The van der Waals surface area contributed by atoms with Crippen LogP contribution in [0.1, 0.15) is 25.1 Å². The topological polar surface area (TPSA) is 12.9 Å². The Balaban J connectivity index is 0.000000606. The summed E-state index contributed by atoms with van der Waals surface area (Å²) in [5.41, 5.74) is 3.07. The summed E-state index contributed by atoms with van der Waals surface area (Å²) in [6.07, 6.45) is 0. The van der Waals surface area contributed by atoms with E-state index >= 15 is 0 Å². The number of aromatic nitrogens is 1. The summed E-state index contributed by atoms with van der Waals surface area (Å²) in [5, 5.41) is 2.19. The Morgan fingerprint density at radius 3 is 2.12 bits per heavy atom. The van der Waals surface area contributed by atoms with Gasteiger partial charge < -0.3 is 0 Å². The van der Waals surface area contributed by atoms with Gasteiger partial charge >= 0.3 is 0 Å². The van der Waals surface area contributed by atoms with Crippen molar-refractivity contribution in [1.29, 1.82) is 0 Å². The summed E-state index contributed by atoms with van der Waals surface area (Å²) in [7, 11) is 0. The fourth-order valence-corrected chi connectivity index (χ4v) is 1.88. The van der Waals surface area contributed by atoms with Gasteiger partial charge in [-0.05, 0) is 37.6 Å². The molecule has 0 unspecified atom stereocenters. The zero-order chi connectivity index (χ0) is 12.3. The first kappa shape index (κ1) is 13.3. The number of halogens is 2. The molecule has 0 saturated heterocycles. The van der Waals surface area contributed by atoms with Crippen LogP contribution in [-0.4, -0.2) is 4.98 Å². The van der Waals surface area contributed by atoms with Crippen molar-refractivity contribution in [3.63, 3.8) is 0 Å². The zero-order valence-corrected chi connectivity index (χ0v) is 11.4. The lowest BCUT2D eigenvalue weighted by Crippen LogP contribution is -1.87. The molecule has 1 aromatic carbocycles. The summed E-state index contributed by atoms with van der Waals surface area (Å²) in [6, 6.07) is 5.70. The van der Waals surface area contributed by atoms with Gasteiger partial charge in [0.2, 0.25) is 0 Å². The number of rotatable bonds is 0. The fourth-order valence-electron chi connectivity index (χ4n) is 1.56. The lowest BCUT2D eigenvalue weighted by atomic mass is 10.1. The number of benzene rings is 1. The normalized spacial score (nSPS) is 9.88. The molecule has 0 aliphatic carbocycles. The highest BCUT2D eigenvalue weighted by atomic mass is 35.5. The van der Waals surface area contributed by atoms with E-state index in [1.54, 1.807) is 6.07 Å². The van der Waals surface area contributed by atoms with Crippen LogP contribution in [0.2, 0.25) is 10.0 Å². The van der Waals surface area contributed by atoms with Gasteiger partial charge in [0.15, 0.2) is 0 Å². The molecular weight excluding hydrogens is 241 g/mol. The third-order valence-electron chi connectivity index (χ3n) is 2.19. The van der Waals surface area contributed by atoms with Gasteiger partial charge in [-0.25, -0.2) is 0 Å². The van der Waals surface area contributed by atoms with E-state index < -0.39 is 0 Å². The predicted molar refractivity (Wildman–Crippen MR) is 72.6 cm³/mol. The van der Waals surface area contributed by atoms with Gasteiger partial charge in [-0.2, -0.15) is 0 Å². The SMILES string of the molecule is CC.Cc1cc(C)c2cc(Cl)c(Cl)cc2n1. The molecule has 0 N–H and O–H groups in total. The lowest BCUT2D eigenvalue weighted by molar-refractivity contribution is 1.23. The lowest BCUT2D eigenvalue weighted by Gasteiger charge is -2.05. The Bertz CT molecular complexity index is 507. The summed E-state index contributed by atoms with van der Waals surface area (Å²) < 4.78 is 0. The average molecular weight is 256 g/mol. The zero-order valence-electron chi connectivity index (χ0n) is 9.94. The molecule has 1 heterocycles. The molecule has 3 heteroatoms. The van der Waals surface area contributed by atoms with Gasteiger partial charge in [-0.3, -0.25) is 4.98 Å². The molecule has 2 aromatic rings. The molecule has 0 fully saturated rings. The maximum Gasteiger partial charge on any atom is 0.0723 e. The summed E-state index contributed by atoms with van der Waals surface area (Å²) in [5.74, 6) is 0. The van der Waals surface area contributed by atoms with Crippen LogP contribution in [0.4, 0.5) is 0 Å². The summed E-state index contributed by atoms with van der Waals surface area (Å²) in [6.45, 7) is 8.01. The van der Waals surface area contributed by atoms with Crippen LogP contribution in [0.25, 0.3) is 10.9 Å². The average Bonchev–Trinajstić information content (AvgIpc) is 2.24. The van der Waals surface area contributed by atoms with Crippen molar-refractivity contribution in [3.05, 3.63) is 39.5 Å². The van der Waals surface area contributed by atoms with Crippen molar-refractivity contribution >= 4 is 34.1 Å². The highest BCUT2D eigenvalue weighted by Crippen LogP contribution is 2.28. The van der Waals surface area contributed by atoms with Gasteiger partial charge in [-0.1, -0.05) is 37.0 Å². The maximum absolute atomic E-state index is 5.94. The highest BCUT2D eigenvalue weighted by Gasteiger charge is 2.04. The molecule has 0 radical (unpaired) electrons. The van der Waals surface area contributed by atoms with E-state index in [0.717, 1.165) is 16.6 Å².